The summed E-state index contributed by atoms with van der Waals surface area (Å²) in [6.45, 7) is 3.72. The summed E-state index contributed by atoms with van der Waals surface area (Å²) in [6, 6.07) is 18.2. The zero-order valence-corrected chi connectivity index (χ0v) is 20.6. The van der Waals surface area contributed by atoms with Crippen molar-refractivity contribution in [2.75, 3.05) is 0 Å². The molecule has 0 spiro atoms. The molecule has 4 aromatic rings. The normalized spacial score (nSPS) is 11.9. The first-order valence-corrected chi connectivity index (χ1v) is 12.4. The largest absolute Gasteiger partial charge is 0.438 e. The molecule has 0 bridgehead atoms. The quantitative estimate of drug-likeness (QED) is 0.325. The van der Waals surface area contributed by atoms with E-state index < -0.39 is 20.3 Å². The lowest BCUT2D eigenvalue weighted by molar-refractivity contribution is 0.460. The summed E-state index contributed by atoms with van der Waals surface area (Å²) in [5.74, 6) is 0.321. The van der Waals surface area contributed by atoms with Gasteiger partial charge in [0, 0.05) is 10.7 Å². The van der Waals surface area contributed by atoms with Gasteiger partial charge < -0.3 is 4.74 Å². The second kappa shape index (κ2) is 9.25. The summed E-state index contributed by atoms with van der Waals surface area (Å²) >= 11 is 3.26. The van der Waals surface area contributed by atoms with Crippen LogP contribution in [0, 0.1) is 25.2 Å². The standard InChI is InChI=1S/C25H18BrN3O4S/c1-16-5-9-19(10-6-16)33-24-22(25(30)29-13-3-4-17(2)23(29)28-24)14-21(15-27)34(31,32)20-11-7-18(26)8-12-20/h3-14H,1-2H3/b21-14+. The van der Waals surface area contributed by atoms with Crippen LogP contribution >= 0.6 is 15.9 Å². The molecule has 2 aromatic heterocycles. The first-order valence-electron chi connectivity index (χ1n) is 10.1. The molecule has 9 heteroatoms. The monoisotopic (exact) mass is 535 g/mol. The number of rotatable bonds is 5. The Morgan fingerprint density at radius 2 is 1.76 bits per heavy atom. The van der Waals surface area contributed by atoms with Crippen LogP contribution in [0.5, 0.6) is 11.6 Å². The van der Waals surface area contributed by atoms with Crippen molar-refractivity contribution in [3.63, 3.8) is 0 Å². The number of benzene rings is 2. The summed E-state index contributed by atoms with van der Waals surface area (Å²) in [6.07, 6.45) is 2.55. The van der Waals surface area contributed by atoms with Gasteiger partial charge in [-0.05, 0) is 68.0 Å². The minimum atomic E-state index is -4.19. The molecule has 0 radical (unpaired) electrons. The third kappa shape index (κ3) is 4.51. The number of nitrogens with zero attached hydrogens (tertiary/aromatic N) is 3. The Morgan fingerprint density at radius 3 is 2.41 bits per heavy atom. The number of hydrogen-bond acceptors (Lipinski definition) is 6. The second-order valence-electron chi connectivity index (χ2n) is 7.51. The number of pyridine rings is 1. The molecule has 0 aliphatic carbocycles. The van der Waals surface area contributed by atoms with Gasteiger partial charge in [0.15, 0.2) is 0 Å². The fourth-order valence-electron chi connectivity index (χ4n) is 3.25. The maximum atomic E-state index is 13.4. The molecule has 0 atom stereocenters. The summed E-state index contributed by atoms with van der Waals surface area (Å²) < 4.78 is 34.2. The fraction of sp³-hybridized carbons (Fsp3) is 0.0800. The average molecular weight is 536 g/mol. The molecule has 0 saturated heterocycles. The molecule has 0 N–H and O–H groups in total. The summed E-state index contributed by atoms with van der Waals surface area (Å²) in [5.41, 5.74) is 1.39. The maximum Gasteiger partial charge on any atom is 0.269 e. The molecule has 4 rings (SSSR count). The van der Waals surface area contributed by atoms with Crippen LogP contribution in [-0.2, 0) is 9.84 Å². The Kier molecular flexibility index (Phi) is 6.37. The Labute approximate surface area is 204 Å². The van der Waals surface area contributed by atoms with Crippen LogP contribution in [0.3, 0.4) is 0 Å². The smallest absolute Gasteiger partial charge is 0.269 e. The van der Waals surface area contributed by atoms with Crippen LogP contribution in [-0.4, -0.2) is 17.8 Å². The van der Waals surface area contributed by atoms with E-state index in [0.29, 0.717) is 15.9 Å². The molecule has 0 fully saturated rings. The number of fused-ring (bicyclic) bond motifs is 1. The van der Waals surface area contributed by atoms with Crippen LogP contribution in [0.25, 0.3) is 11.7 Å². The van der Waals surface area contributed by atoms with E-state index in [9.17, 15) is 18.5 Å². The van der Waals surface area contributed by atoms with Crippen molar-refractivity contribution < 1.29 is 13.2 Å². The zero-order chi connectivity index (χ0) is 24.5. The van der Waals surface area contributed by atoms with Crippen molar-refractivity contribution in [3.05, 3.63) is 103 Å². The molecule has 0 unspecified atom stereocenters. The molecule has 0 saturated carbocycles. The van der Waals surface area contributed by atoms with E-state index in [1.807, 2.05) is 19.1 Å². The maximum absolute atomic E-state index is 13.4. The van der Waals surface area contributed by atoms with Crippen molar-refractivity contribution in [1.29, 1.82) is 5.26 Å². The first kappa shape index (κ1) is 23.4. The summed E-state index contributed by atoms with van der Waals surface area (Å²) in [7, 11) is -4.19. The van der Waals surface area contributed by atoms with Gasteiger partial charge >= 0.3 is 0 Å². The highest BCUT2D eigenvalue weighted by molar-refractivity contribution is 9.10. The number of ether oxygens (including phenoxy) is 1. The van der Waals surface area contributed by atoms with Crippen LogP contribution in [0.15, 0.2) is 85.9 Å². The van der Waals surface area contributed by atoms with Gasteiger partial charge in [-0.25, -0.2) is 8.42 Å². The molecule has 7 nitrogen and oxygen atoms in total. The van der Waals surface area contributed by atoms with Gasteiger partial charge in [-0.1, -0.05) is 39.7 Å². The van der Waals surface area contributed by atoms with Gasteiger partial charge in [0.25, 0.3) is 5.56 Å². The van der Waals surface area contributed by atoms with Gasteiger partial charge in [-0.3, -0.25) is 9.20 Å². The van der Waals surface area contributed by atoms with E-state index in [1.54, 1.807) is 49.4 Å². The van der Waals surface area contributed by atoms with Crippen molar-refractivity contribution in [2.45, 2.75) is 18.7 Å². The third-order valence-corrected chi connectivity index (χ3v) is 7.29. The number of nitriles is 1. The van der Waals surface area contributed by atoms with Crippen LogP contribution in [0.1, 0.15) is 16.7 Å². The van der Waals surface area contributed by atoms with Crippen molar-refractivity contribution in [3.8, 4) is 17.7 Å². The van der Waals surface area contributed by atoms with Crippen LogP contribution < -0.4 is 10.3 Å². The van der Waals surface area contributed by atoms with Crippen molar-refractivity contribution in [1.82, 2.24) is 9.38 Å². The first-order chi connectivity index (χ1) is 16.2. The average Bonchev–Trinajstić information content (AvgIpc) is 2.81. The number of allylic oxidation sites excluding steroid dienone is 1. The van der Waals surface area contributed by atoms with Crippen molar-refractivity contribution in [2.24, 2.45) is 0 Å². The van der Waals surface area contributed by atoms with Gasteiger partial charge in [-0.15, -0.1) is 0 Å². The number of sulfone groups is 1. The van der Waals surface area contributed by atoms with Crippen molar-refractivity contribution >= 4 is 37.5 Å². The van der Waals surface area contributed by atoms with E-state index in [4.69, 9.17) is 4.74 Å². The minimum absolute atomic E-state index is 0.0748. The zero-order valence-electron chi connectivity index (χ0n) is 18.2. The molecular weight excluding hydrogens is 518 g/mol. The predicted octanol–water partition coefficient (Wildman–Crippen LogP) is 5.20. The molecule has 0 amide bonds. The second-order valence-corrected chi connectivity index (χ2v) is 10.3. The number of aromatic nitrogens is 2. The highest BCUT2D eigenvalue weighted by Crippen LogP contribution is 2.28. The Hall–Kier alpha value is -3.74. The Bertz CT molecular complexity index is 1630. The minimum Gasteiger partial charge on any atom is -0.438 e. The molecule has 2 aromatic carbocycles. The van der Waals surface area contributed by atoms with E-state index in [1.165, 1.54) is 22.7 Å². The molecular formula is C25H18BrN3O4S. The molecule has 2 heterocycles. The summed E-state index contributed by atoms with van der Waals surface area (Å²) in [4.78, 5) is 17.2. The number of hydrogen-bond donors (Lipinski definition) is 0. The molecule has 170 valence electrons. The van der Waals surface area contributed by atoms with Gasteiger partial charge in [0.1, 0.15) is 27.9 Å². The van der Waals surface area contributed by atoms with E-state index in [-0.39, 0.29) is 16.3 Å². The van der Waals surface area contributed by atoms with Crippen LogP contribution in [0.2, 0.25) is 0 Å². The Morgan fingerprint density at radius 1 is 1.09 bits per heavy atom. The summed E-state index contributed by atoms with van der Waals surface area (Å²) in [5, 5.41) is 9.72. The van der Waals surface area contributed by atoms with E-state index in [2.05, 4.69) is 20.9 Å². The fourth-order valence-corrected chi connectivity index (χ4v) is 4.66. The third-order valence-electron chi connectivity index (χ3n) is 5.08. The number of aryl methyl sites for hydroxylation is 2. The lowest BCUT2D eigenvalue weighted by atomic mass is 10.2. The van der Waals surface area contributed by atoms with Gasteiger partial charge in [-0.2, -0.15) is 10.2 Å². The molecule has 0 aliphatic rings. The molecule has 0 aliphatic heterocycles. The highest BCUT2D eigenvalue weighted by atomic mass is 79.9. The SMILES string of the molecule is Cc1ccc(Oc2nc3c(C)cccn3c(=O)c2/C=C(\C#N)S(=O)(=O)c2ccc(Br)cc2)cc1. The topological polar surface area (TPSA) is 102 Å². The van der Waals surface area contributed by atoms with Gasteiger partial charge in [0.2, 0.25) is 15.7 Å². The lowest BCUT2D eigenvalue weighted by Crippen LogP contribution is -2.20. The molecule has 34 heavy (non-hydrogen) atoms. The lowest BCUT2D eigenvalue weighted by Gasteiger charge is -2.12. The van der Waals surface area contributed by atoms with E-state index >= 15 is 0 Å². The predicted molar refractivity (Wildman–Crippen MR) is 132 cm³/mol. The van der Waals surface area contributed by atoms with E-state index in [0.717, 1.165) is 17.2 Å². The Balaban J connectivity index is 1.95. The highest BCUT2D eigenvalue weighted by Gasteiger charge is 2.24. The van der Waals surface area contributed by atoms with Gasteiger partial charge in [0.05, 0.1) is 4.90 Å². The number of halogens is 1. The van der Waals surface area contributed by atoms with Crippen LogP contribution in [0.4, 0.5) is 0 Å².